The molecule has 2 aromatic heterocycles. The SMILES string of the molecule is CCOC(=O)C1CCCc2sc3nc(C)n(Cc4cccc(Cl)c4)c(=O)c3c21. The van der Waals surface area contributed by atoms with Crippen LogP contribution in [0.3, 0.4) is 0 Å². The first kappa shape index (κ1) is 19.2. The molecule has 1 atom stereocenters. The minimum Gasteiger partial charge on any atom is -0.466 e. The van der Waals surface area contributed by atoms with Gasteiger partial charge in [-0.3, -0.25) is 14.2 Å². The van der Waals surface area contributed by atoms with Crippen LogP contribution in [0.4, 0.5) is 0 Å². The molecule has 7 heteroatoms. The Balaban J connectivity index is 1.87. The van der Waals surface area contributed by atoms with Crippen LogP contribution in [0.1, 0.15) is 47.5 Å². The van der Waals surface area contributed by atoms with Crippen molar-refractivity contribution < 1.29 is 9.53 Å². The lowest BCUT2D eigenvalue weighted by Gasteiger charge is -2.21. The van der Waals surface area contributed by atoms with Crippen molar-refractivity contribution in [3.05, 3.63) is 61.5 Å². The number of benzene rings is 1. The molecule has 0 radical (unpaired) electrons. The predicted molar refractivity (Wildman–Crippen MR) is 111 cm³/mol. The molecule has 1 aliphatic rings. The molecule has 1 aliphatic carbocycles. The number of thiophene rings is 1. The molecule has 4 rings (SSSR count). The summed E-state index contributed by atoms with van der Waals surface area (Å²) in [6.45, 7) is 4.37. The number of hydrogen-bond acceptors (Lipinski definition) is 5. The molecule has 0 N–H and O–H groups in total. The lowest BCUT2D eigenvalue weighted by molar-refractivity contribution is -0.145. The summed E-state index contributed by atoms with van der Waals surface area (Å²) in [5.74, 6) is 0.0301. The molecule has 0 bridgehead atoms. The van der Waals surface area contributed by atoms with Gasteiger partial charge in [0.05, 0.1) is 24.5 Å². The average Bonchev–Trinajstić information content (AvgIpc) is 3.03. The van der Waals surface area contributed by atoms with Crippen molar-refractivity contribution in [3.63, 3.8) is 0 Å². The van der Waals surface area contributed by atoms with Gasteiger partial charge in [-0.1, -0.05) is 23.7 Å². The summed E-state index contributed by atoms with van der Waals surface area (Å²) in [7, 11) is 0. The first-order valence-corrected chi connectivity index (χ1v) is 10.6. The zero-order valence-corrected chi connectivity index (χ0v) is 17.4. The molecule has 3 aromatic rings. The first-order valence-electron chi connectivity index (χ1n) is 9.43. The molecular weight excluding hydrogens is 396 g/mol. The highest BCUT2D eigenvalue weighted by Gasteiger charge is 2.33. The molecule has 0 spiro atoms. The van der Waals surface area contributed by atoms with E-state index in [0.717, 1.165) is 28.8 Å². The minimum absolute atomic E-state index is 0.101. The van der Waals surface area contributed by atoms with E-state index in [4.69, 9.17) is 21.3 Å². The average molecular weight is 417 g/mol. The summed E-state index contributed by atoms with van der Waals surface area (Å²) in [5, 5.41) is 1.21. The van der Waals surface area contributed by atoms with Crippen LogP contribution in [-0.4, -0.2) is 22.1 Å². The number of carbonyl (C=O) groups is 1. The second-order valence-corrected chi connectivity index (χ2v) is 8.52. The quantitative estimate of drug-likeness (QED) is 0.589. The summed E-state index contributed by atoms with van der Waals surface area (Å²) in [4.78, 5) is 32.5. The third-order valence-electron chi connectivity index (χ3n) is 5.16. The second-order valence-electron chi connectivity index (χ2n) is 7.00. The smallest absolute Gasteiger partial charge is 0.313 e. The standard InChI is InChI=1S/C21H21ClN2O3S/c1-3-27-21(26)15-8-5-9-16-17(15)18-19(28-16)23-12(2)24(20(18)25)11-13-6-4-7-14(22)10-13/h4,6-7,10,15H,3,5,8-9,11H2,1-2H3. The number of fused-ring (bicyclic) bond motifs is 3. The summed E-state index contributed by atoms with van der Waals surface area (Å²) in [5.41, 5.74) is 1.67. The Morgan fingerprint density at radius 3 is 3.00 bits per heavy atom. The van der Waals surface area contributed by atoms with Crippen LogP contribution in [0, 0.1) is 6.92 Å². The Morgan fingerprint density at radius 2 is 2.25 bits per heavy atom. The number of ether oxygens (including phenoxy) is 1. The molecule has 0 fully saturated rings. The number of carbonyl (C=O) groups excluding carboxylic acids is 1. The monoisotopic (exact) mass is 416 g/mol. The Kier molecular flexibility index (Phi) is 5.25. The van der Waals surface area contributed by atoms with Gasteiger partial charge in [-0.05, 0) is 56.4 Å². The molecule has 146 valence electrons. The van der Waals surface area contributed by atoms with E-state index >= 15 is 0 Å². The van der Waals surface area contributed by atoms with Crippen LogP contribution >= 0.6 is 22.9 Å². The van der Waals surface area contributed by atoms with Crippen LogP contribution < -0.4 is 5.56 Å². The van der Waals surface area contributed by atoms with Gasteiger partial charge in [0.25, 0.3) is 5.56 Å². The van der Waals surface area contributed by atoms with E-state index in [1.54, 1.807) is 17.6 Å². The van der Waals surface area contributed by atoms with E-state index in [2.05, 4.69) is 0 Å². The minimum atomic E-state index is -0.380. The normalized spacial score (nSPS) is 16.2. The maximum Gasteiger partial charge on any atom is 0.313 e. The van der Waals surface area contributed by atoms with Gasteiger partial charge in [0, 0.05) is 9.90 Å². The highest BCUT2D eigenvalue weighted by molar-refractivity contribution is 7.18. The van der Waals surface area contributed by atoms with Crippen molar-refractivity contribution in [1.82, 2.24) is 9.55 Å². The van der Waals surface area contributed by atoms with Crippen LogP contribution in [0.5, 0.6) is 0 Å². The Labute approximate surface area is 171 Å². The van der Waals surface area contributed by atoms with Crippen molar-refractivity contribution in [2.75, 3.05) is 6.61 Å². The lowest BCUT2D eigenvalue weighted by Crippen LogP contribution is -2.27. The topological polar surface area (TPSA) is 61.2 Å². The Hall–Kier alpha value is -2.18. The van der Waals surface area contributed by atoms with Crippen LogP contribution in [0.25, 0.3) is 10.2 Å². The van der Waals surface area contributed by atoms with Gasteiger partial charge in [-0.15, -0.1) is 11.3 Å². The molecule has 0 amide bonds. The lowest BCUT2D eigenvalue weighted by atomic mass is 9.86. The van der Waals surface area contributed by atoms with E-state index in [9.17, 15) is 9.59 Å². The zero-order chi connectivity index (χ0) is 19.8. The van der Waals surface area contributed by atoms with Gasteiger partial charge in [0.1, 0.15) is 10.7 Å². The van der Waals surface area contributed by atoms with Crippen molar-refractivity contribution in [2.45, 2.75) is 45.6 Å². The van der Waals surface area contributed by atoms with Crippen molar-refractivity contribution in [2.24, 2.45) is 0 Å². The number of hydrogen-bond donors (Lipinski definition) is 0. The maximum absolute atomic E-state index is 13.4. The van der Waals surface area contributed by atoms with Gasteiger partial charge in [-0.2, -0.15) is 0 Å². The van der Waals surface area contributed by atoms with E-state index < -0.39 is 0 Å². The Morgan fingerprint density at radius 1 is 1.43 bits per heavy atom. The molecule has 0 saturated carbocycles. The first-order chi connectivity index (χ1) is 13.5. The molecular formula is C21H21ClN2O3S. The molecule has 0 saturated heterocycles. The predicted octanol–water partition coefficient (Wildman–Crippen LogP) is 4.45. The number of nitrogens with zero attached hydrogens (tertiary/aromatic N) is 2. The van der Waals surface area contributed by atoms with Gasteiger partial charge < -0.3 is 4.74 Å². The third-order valence-corrected chi connectivity index (χ3v) is 6.56. The fraction of sp³-hybridized carbons (Fsp3) is 0.381. The number of aryl methyl sites for hydroxylation is 2. The van der Waals surface area contributed by atoms with Crippen molar-refractivity contribution >= 4 is 39.1 Å². The van der Waals surface area contributed by atoms with E-state index in [-0.39, 0.29) is 17.4 Å². The number of esters is 1. The largest absolute Gasteiger partial charge is 0.466 e. The number of aromatic nitrogens is 2. The summed E-state index contributed by atoms with van der Waals surface area (Å²) in [6.07, 6.45) is 2.50. The van der Waals surface area contributed by atoms with E-state index in [1.807, 2.05) is 25.1 Å². The third kappa shape index (κ3) is 3.35. The van der Waals surface area contributed by atoms with Gasteiger partial charge in [0.15, 0.2) is 0 Å². The summed E-state index contributed by atoms with van der Waals surface area (Å²) < 4.78 is 6.95. The number of halogens is 1. The van der Waals surface area contributed by atoms with Gasteiger partial charge in [0.2, 0.25) is 0 Å². The van der Waals surface area contributed by atoms with E-state index in [0.29, 0.717) is 40.6 Å². The van der Waals surface area contributed by atoms with E-state index in [1.165, 1.54) is 11.3 Å². The number of rotatable bonds is 4. The second kappa shape index (κ2) is 7.68. The molecule has 1 aromatic carbocycles. The molecule has 0 aliphatic heterocycles. The van der Waals surface area contributed by atoms with Gasteiger partial charge >= 0.3 is 5.97 Å². The van der Waals surface area contributed by atoms with Crippen LogP contribution in [0.15, 0.2) is 29.1 Å². The summed E-state index contributed by atoms with van der Waals surface area (Å²) >= 11 is 7.63. The maximum atomic E-state index is 13.4. The van der Waals surface area contributed by atoms with Gasteiger partial charge in [-0.25, -0.2) is 4.98 Å². The van der Waals surface area contributed by atoms with Crippen LogP contribution in [0.2, 0.25) is 5.02 Å². The molecule has 28 heavy (non-hydrogen) atoms. The van der Waals surface area contributed by atoms with Crippen molar-refractivity contribution in [1.29, 1.82) is 0 Å². The summed E-state index contributed by atoms with van der Waals surface area (Å²) in [6, 6.07) is 7.46. The highest BCUT2D eigenvalue weighted by atomic mass is 35.5. The van der Waals surface area contributed by atoms with Crippen molar-refractivity contribution in [3.8, 4) is 0 Å². The fourth-order valence-electron chi connectivity index (χ4n) is 3.90. The zero-order valence-electron chi connectivity index (χ0n) is 15.8. The molecule has 2 heterocycles. The fourth-order valence-corrected chi connectivity index (χ4v) is 5.42. The van der Waals surface area contributed by atoms with Crippen LogP contribution in [-0.2, 0) is 22.5 Å². The highest BCUT2D eigenvalue weighted by Crippen LogP contribution is 2.41. The molecule has 1 unspecified atom stereocenters. The Bertz CT molecular complexity index is 1120. The molecule has 5 nitrogen and oxygen atoms in total.